The summed E-state index contributed by atoms with van der Waals surface area (Å²) in [6.45, 7) is 0. The number of benzene rings is 4. The van der Waals surface area contributed by atoms with E-state index < -0.39 is 11.2 Å². The van der Waals surface area contributed by atoms with Gasteiger partial charge in [0.2, 0.25) is 0 Å². The number of ether oxygens (including phenoxy) is 2. The Morgan fingerprint density at radius 3 is 1.03 bits per heavy atom. The van der Waals surface area contributed by atoms with Crippen molar-refractivity contribution >= 4 is 0 Å². The van der Waals surface area contributed by atoms with Crippen molar-refractivity contribution in [2.45, 2.75) is 11.2 Å². The highest BCUT2D eigenvalue weighted by Gasteiger charge is 2.61. The first-order chi connectivity index (χ1) is 15.8. The third-order valence-electron chi connectivity index (χ3n) is 6.64. The number of hydrogen-bond acceptors (Lipinski definition) is 4. The lowest BCUT2D eigenvalue weighted by atomic mass is 9.62. The van der Waals surface area contributed by atoms with Gasteiger partial charge in [-0.15, -0.1) is 0 Å². The van der Waals surface area contributed by atoms with Crippen molar-refractivity contribution in [2.24, 2.45) is 0 Å². The molecule has 32 heavy (non-hydrogen) atoms. The molecule has 4 aromatic carbocycles. The second-order valence-electron chi connectivity index (χ2n) is 8.02. The van der Waals surface area contributed by atoms with Gasteiger partial charge in [-0.3, -0.25) is 0 Å². The highest BCUT2D eigenvalue weighted by atomic mass is 17.2. The van der Waals surface area contributed by atoms with E-state index in [9.17, 15) is 0 Å². The third kappa shape index (κ3) is 2.23. The average Bonchev–Trinajstić information content (AvgIpc) is 2.89. The van der Waals surface area contributed by atoms with Crippen LogP contribution in [0.1, 0.15) is 33.4 Å². The van der Waals surface area contributed by atoms with Crippen LogP contribution in [0.3, 0.4) is 0 Å². The van der Waals surface area contributed by atoms with Crippen LogP contribution < -0.4 is 9.47 Å². The van der Waals surface area contributed by atoms with Crippen molar-refractivity contribution in [1.29, 1.82) is 0 Å². The normalized spacial score (nSPS) is 22.7. The van der Waals surface area contributed by atoms with Gasteiger partial charge in [0.05, 0.1) is 14.2 Å². The predicted molar refractivity (Wildman–Crippen MR) is 121 cm³/mol. The lowest BCUT2D eigenvalue weighted by molar-refractivity contribution is -0.410. The molecule has 0 radical (unpaired) electrons. The van der Waals surface area contributed by atoms with E-state index >= 15 is 0 Å². The molecule has 0 saturated heterocycles. The van der Waals surface area contributed by atoms with Crippen LogP contribution in [0, 0.1) is 0 Å². The molecule has 3 aliphatic rings. The second-order valence-corrected chi connectivity index (χ2v) is 8.02. The molecule has 4 heteroatoms. The molecular weight excluding hydrogens is 400 g/mol. The second kappa shape index (κ2) is 6.95. The van der Waals surface area contributed by atoms with E-state index in [1.54, 1.807) is 14.2 Å². The zero-order chi connectivity index (χ0) is 21.8. The molecule has 0 spiro atoms. The van der Waals surface area contributed by atoms with Crippen LogP contribution in [0.2, 0.25) is 0 Å². The Labute approximate surface area is 186 Å². The number of methoxy groups -OCH3 is 2. The summed E-state index contributed by atoms with van der Waals surface area (Å²) in [4.78, 5) is 12.9. The summed E-state index contributed by atoms with van der Waals surface area (Å²) in [6, 6.07) is 32.5. The van der Waals surface area contributed by atoms with E-state index in [4.69, 9.17) is 19.2 Å². The molecule has 4 nitrogen and oxygen atoms in total. The maximum absolute atomic E-state index is 6.47. The Balaban J connectivity index is 1.77. The van der Waals surface area contributed by atoms with Crippen molar-refractivity contribution in [3.63, 3.8) is 0 Å². The van der Waals surface area contributed by atoms with Crippen LogP contribution in [0.4, 0.5) is 0 Å². The van der Waals surface area contributed by atoms with Gasteiger partial charge in [0.15, 0.2) is 11.2 Å². The van der Waals surface area contributed by atoms with Crippen LogP contribution in [0.25, 0.3) is 0 Å². The Hall–Kier alpha value is -3.60. The first-order valence-corrected chi connectivity index (χ1v) is 10.6. The molecule has 2 heterocycles. The molecule has 0 fully saturated rings. The Morgan fingerprint density at radius 2 is 0.719 bits per heavy atom. The van der Waals surface area contributed by atoms with Crippen molar-refractivity contribution in [2.75, 3.05) is 14.2 Å². The van der Waals surface area contributed by atoms with Crippen molar-refractivity contribution in [3.05, 3.63) is 130 Å². The van der Waals surface area contributed by atoms with Crippen LogP contribution in [0.5, 0.6) is 11.5 Å². The van der Waals surface area contributed by atoms with Gasteiger partial charge in [0, 0.05) is 33.4 Å². The Kier molecular flexibility index (Phi) is 4.15. The lowest BCUT2D eigenvalue weighted by Crippen LogP contribution is -2.53. The van der Waals surface area contributed by atoms with Crippen LogP contribution in [-0.2, 0) is 21.0 Å². The first kappa shape index (κ1) is 19.1. The summed E-state index contributed by atoms with van der Waals surface area (Å²) in [5.41, 5.74) is 4.00. The monoisotopic (exact) mass is 422 g/mol. The summed E-state index contributed by atoms with van der Waals surface area (Å²) < 4.78 is 11.5. The fraction of sp³-hybridized carbons (Fsp3) is 0.143. The van der Waals surface area contributed by atoms with Gasteiger partial charge >= 0.3 is 0 Å². The van der Waals surface area contributed by atoms with Crippen molar-refractivity contribution in [3.8, 4) is 11.5 Å². The lowest BCUT2D eigenvalue weighted by Gasteiger charge is -2.53. The van der Waals surface area contributed by atoms with Gasteiger partial charge in [-0.25, -0.2) is 9.78 Å². The molecule has 0 unspecified atom stereocenters. The number of rotatable bonds is 4. The minimum atomic E-state index is -0.955. The molecule has 4 aromatic rings. The van der Waals surface area contributed by atoms with E-state index in [1.807, 2.05) is 72.8 Å². The number of fused-ring (bicyclic) bond motifs is 1. The standard InChI is InChI=1S/C28H22O4/c1-29-25-17-9-7-15-23(25)27-19-11-3-5-13-21(19)28(32-31-27,22-14-6-4-12-20(22)27)24-16-8-10-18-26(24)30-2/h3-18H,1-2H3. The molecule has 2 bridgehead atoms. The van der Waals surface area contributed by atoms with E-state index in [0.717, 1.165) is 44.9 Å². The molecule has 0 saturated carbocycles. The van der Waals surface area contributed by atoms with Crippen molar-refractivity contribution < 1.29 is 19.2 Å². The fourth-order valence-corrected chi connectivity index (χ4v) is 5.33. The summed E-state index contributed by atoms with van der Waals surface area (Å²) in [5.74, 6) is 1.49. The molecule has 0 atom stereocenters. The molecular formula is C28H22O4. The minimum absolute atomic E-state index is 0.743. The van der Waals surface area contributed by atoms with Crippen molar-refractivity contribution in [1.82, 2.24) is 0 Å². The van der Waals surface area contributed by atoms with Crippen LogP contribution >= 0.6 is 0 Å². The Bertz CT molecular complexity index is 1180. The molecule has 7 rings (SSSR count). The van der Waals surface area contributed by atoms with Gasteiger partial charge in [-0.1, -0.05) is 84.9 Å². The summed E-state index contributed by atoms with van der Waals surface area (Å²) in [7, 11) is 3.36. The van der Waals surface area contributed by atoms with Gasteiger partial charge in [-0.2, -0.15) is 0 Å². The molecule has 158 valence electrons. The largest absolute Gasteiger partial charge is 0.496 e. The SMILES string of the molecule is COc1ccccc1C12OOC(c3ccccc3OC)(c3ccccc31)c1ccccc12. The third-order valence-corrected chi connectivity index (χ3v) is 6.64. The van der Waals surface area contributed by atoms with Gasteiger partial charge in [0.25, 0.3) is 0 Å². The van der Waals surface area contributed by atoms with Gasteiger partial charge in [0.1, 0.15) is 11.5 Å². The predicted octanol–water partition coefficient (Wildman–Crippen LogP) is 5.56. The zero-order valence-corrected chi connectivity index (χ0v) is 17.9. The quantitative estimate of drug-likeness (QED) is 0.403. The van der Waals surface area contributed by atoms with Gasteiger partial charge < -0.3 is 9.47 Å². The zero-order valence-electron chi connectivity index (χ0n) is 17.9. The fourth-order valence-electron chi connectivity index (χ4n) is 5.33. The molecule has 2 aliphatic heterocycles. The average molecular weight is 422 g/mol. The van der Waals surface area contributed by atoms with E-state index in [0.29, 0.717) is 0 Å². The topological polar surface area (TPSA) is 36.9 Å². The van der Waals surface area contributed by atoms with E-state index in [1.165, 1.54) is 0 Å². The Morgan fingerprint density at radius 1 is 0.438 bits per heavy atom. The maximum atomic E-state index is 6.47. The molecule has 0 N–H and O–H groups in total. The summed E-state index contributed by atoms with van der Waals surface area (Å²) in [5, 5.41) is 0. The number of para-hydroxylation sites is 2. The maximum Gasteiger partial charge on any atom is 0.183 e. The van der Waals surface area contributed by atoms with E-state index in [2.05, 4.69) is 24.3 Å². The molecule has 1 aliphatic carbocycles. The van der Waals surface area contributed by atoms with Gasteiger partial charge in [-0.05, 0) is 12.1 Å². The van der Waals surface area contributed by atoms with Crippen LogP contribution in [-0.4, -0.2) is 14.2 Å². The molecule has 0 amide bonds. The highest BCUT2D eigenvalue weighted by Crippen LogP contribution is 2.62. The summed E-state index contributed by atoms with van der Waals surface area (Å²) in [6.07, 6.45) is 0. The number of hydrogen-bond donors (Lipinski definition) is 0. The van der Waals surface area contributed by atoms with Crippen LogP contribution in [0.15, 0.2) is 97.1 Å². The van der Waals surface area contributed by atoms with E-state index in [-0.39, 0.29) is 0 Å². The first-order valence-electron chi connectivity index (χ1n) is 10.6. The summed E-state index contributed by atoms with van der Waals surface area (Å²) >= 11 is 0. The smallest absolute Gasteiger partial charge is 0.183 e. The highest BCUT2D eigenvalue weighted by molar-refractivity contribution is 5.69. The molecule has 0 aromatic heterocycles. The minimum Gasteiger partial charge on any atom is -0.496 e.